The molecule has 0 spiro atoms. The lowest BCUT2D eigenvalue weighted by Crippen LogP contribution is -2.38. The maximum absolute atomic E-state index is 5.63. The molecule has 0 amide bonds. The molecule has 24 heavy (non-hydrogen) atoms. The molecule has 0 radical (unpaired) electrons. The van der Waals surface area contributed by atoms with Gasteiger partial charge in [0.25, 0.3) is 0 Å². The second kappa shape index (κ2) is 6.18. The Labute approximate surface area is 145 Å². The molecule has 5 rings (SSSR count). The first kappa shape index (κ1) is 14.9. The van der Waals surface area contributed by atoms with Gasteiger partial charge in [0.15, 0.2) is 0 Å². The molecule has 0 N–H and O–H groups in total. The largest absolute Gasteiger partial charge is 0.378 e. The van der Waals surface area contributed by atoms with Crippen LogP contribution in [-0.4, -0.2) is 31.3 Å². The van der Waals surface area contributed by atoms with E-state index in [1.54, 1.807) is 28.0 Å². The Balaban J connectivity index is 1.69. The molecule has 3 heteroatoms. The van der Waals surface area contributed by atoms with Crippen molar-refractivity contribution >= 4 is 11.3 Å². The quantitative estimate of drug-likeness (QED) is 0.778. The molecule has 2 heterocycles. The van der Waals surface area contributed by atoms with Crippen LogP contribution in [0.25, 0.3) is 5.57 Å². The normalized spacial score (nSPS) is 23.6. The van der Waals surface area contributed by atoms with Gasteiger partial charge in [0.05, 0.1) is 18.9 Å². The molecule has 1 aliphatic heterocycles. The fraction of sp³-hybridized carbons (Fsp3) is 0.667. The van der Waals surface area contributed by atoms with E-state index in [1.165, 1.54) is 75.6 Å². The summed E-state index contributed by atoms with van der Waals surface area (Å²) in [6, 6.07) is 0. The molecule has 1 saturated heterocycles. The number of allylic oxidation sites excluding steroid dienone is 2. The number of pyridine rings is 1. The monoisotopic (exact) mass is 324 g/mol. The molecule has 128 valence electrons. The molecule has 1 aromatic heterocycles. The molecule has 0 atom stereocenters. The van der Waals surface area contributed by atoms with E-state index in [4.69, 9.17) is 9.72 Å². The zero-order valence-electron chi connectivity index (χ0n) is 14.7. The minimum Gasteiger partial charge on any atom is -0.378 e. The number of aromatic nitrogens is 1. The van der Waals surface area contributed by atoms with Gasteiger partial charge in [0.1, 0.15) is 0 Å². The second-order valence-electron chi connectivity index (χ2n) is 7.81. The van der Waals surface area contributed by atoms with Crippen LogP contribution in [0, 0.1) is 0 Å². The molecule has 0 unspecified atom stereocenters. The number of rotatable bonds is 1. The Morgan fingerprint density at radius 3 is 2.46 bits per heavy atom. The Morgan fingerprint density at radius 1 is 0.750 bits per heavy atom. The number of morpholine rings is 1. The van der Waals surface area contributed by atoms with Crippen LogP contribution < -0.4 is 4.90 Å². The lowest BCUT2D eigenvalue weighted by Gasteiger charge is -2.37. The molecule has 0 saturated carbocycles. The Kier molecular flexibility index (Phi) is 3.85. The first-order valence-electron chi connectivity index (χ1n) is 10.0. The summed E-state index contributed by atoms with van der Waals surface area (Å²) in [5.74, 6) is 0. The predicted molar refractivity (Wildman–Crippen MR) is 97.6 cm³/mol. The lowest BCUT2D eigenvalue weighted by atomic mass is 9.78. The van der Waals surface area contributed by atoms with Gasteiger partial charge in [-0.05, 0) is 75.3 Å². The molecule has 3 aliphatic carbocycles. The van der Waals surface area contributed by atoms with Gasteiger partial charge < -0.3 is 9.64 Å². The minimum atomic E-state index is 0.875. The van der Waals surface area contributed by atoms with Crippen molar-refractivity contribution in [3.05, 3.63) is 28.1 Å². The lowest BCUT2D eigenvalue weighted by molar-refractivity contribution is 0.122. The number of aryl methyl sites for hydroxylation is 1. The topological polar surface area (TPSA) is 25.4 Å². The maximum Gasteiger partial charge on any atom is 0.0717 e. The maximum atomic E-state index is 5.63. The van der Waals surface area contributed by atoms with Gasteiger partial charge in [-0.2, -0.15) is 0 Å². The zero-order chi connectivity index (χ0) is 15.9. The fourth-order valence-electron chi connectivity index (χ4n) is 5.23. The molecule has 1 aromatic rings. The molecule has 0 aromatic carbocycles. The van der Waals surface area contributed by atoms with Gasteiger partial charge in [-0.3, -0.25) is 4.98 Å². The number of nitrogens with zero attached hydrogens (tertiary/aromatic N) is 2. The Bertz CT molecular complexity index is 686. The van der Waals surface area contributed by atoms with Crippen LogP contribution in [0.3, 0.4) is 0 Å². The summed E-state index contributed by atoms with van der Waals surface area (Å²) >= 11 is 0. The molecule has 1 fully saturated rings. The standard InChI is InChI=1S/C21H28N2O/c1-2-6-16-15(5-1)9-10-18-20(16)22-19-8-4-3-7-17(19)21(18)23-11-13-24-14-12-23/h1-14H2. The fourth-order valence-corrected chi connectivity index (χ4v) is 5.23. The molecule has 4 aliphatic rings. The highest BCUT2D eigenvalue weighted by atomic mass is 16.5. The number of fused-ring (bicyclic) bond motifs is 3. The second-order valence-corrected chi connectivity index (χ2v) is 7.81. The third kappa shape index (κ3) is 2.40. The summed E-state index contributed by atoms with van der Waals surface area (Å²) in [5.41, 5.74) is 10.9. The summed E-state index contributed by atoms with van der Waals surface area (Å²) in [5, 5.41) is 0. The van der Waals surface area contributed by atoms with Gasteiger partial charge in [0.2, 0.25) is 0 Å². The summed E-state index contributed by atoms with van der Waals surface area (Å²) in [7, 11) is 0. The van der Waals surface area contributed by atoms with Crippen molar-refractivity contribution in [1.29, 1.82) is 0 Å². The van der Waals surface area contributed by atoms with Crippen molar-refractivity contribution in [2.45, 2.75) is 64.2 Å². The van der Waals surface area contributed by atoms with Crippen molar-refractivity contribution in [3.8, 4) is 0 Å². The number of hydrogen-bond donors (Lipinski definition) is 0. The van der Waals surface area contributed by atoms with Crippen LogP contribution in [-0.2, 0) is 24.0 Å². The molecular formula is C21H28N2O. The SMILES string of the molecule is C1CCC2=C(C1)CCc1c2nc2c(c1N1CCOCC1)CCCC2. The highest BCUT2D eigenvalue weighted by molar-refractivity contribution is 5.78. The van der Waals surface area contributed by atoms with Crippen LogP contribution in [0.15, 0.2) is 5.57 Å². The van der Waals surface area contributed by atoms with E-state index in [-0.39, 0.29) is 0 Å². The van der Waals surface area contributed by atoms with Crippen molar-refractivity contribution in [1.82, 2.24) is 4.98 Å². The van der Waals surface area contributed by atoms with E-state index in [2.05, 4.69) is 4.90 Å². The van der Waals surface area contributed by atoms with E-state index in [0.29, 0.717) is 0 Å². The van der Waals surface area contributed by atoms with Crippen LogP contribution in [0.2, 0.25) is 0 Å². The van der Waals surface area contributed by atoms with Crippen LogP contribution in [0.4, 0.5) is 5.69 Å². The van der Waals surface area contributed by atoms with Crippen molar-refractivity contribution in [2.24, 2.45) is 0 Å². The summed E-state index contributed by atoms with van der Waals surface area (Å²) in [4.78, 5) is 7.91. The van der Waals surface area contributed by atoms with Crippen LogP contribution in [0.1, 0.15) is 67.5 Å². The third-order valence-corrected chi connectivity index (χ3v) is 6.42. The van der Waals surface area contributed by atoms with Crippen molar-refractivity contribution in [2.75, 3.05) is 31.2 Å². The smallest absolute Gasteiger partial charge is 0.0717 e. The minimum absolute atomic E-state index is 0.875. The van der Waals surface area contributed by atoms with Gasteiger partial charge in [-0.25, -0.2) is 0 Å². The zero-order valence-corrected chi connectivity index (χ0v) is 14.7. The number of hydrogen-bond acceptors (Lipinski definition) is 3. The van der Waals surface area contributed by atoms with Gasteiger partial charge in [-0.15, -0.1) is 0 Å². The Morgan fingerprint density at radius 2 is 1.54 bits per heavy atom. The van der Waals surface area contributed by atoms with E-state index >= 15 is 0 Å². The first-order chi connectivity index (χ1) is 11.9. The molecule has 3 nitrogen and oxygen atoms in total. The molecular weight excluding hydrogens is 296 g/mol. The van der Waals surface area contributed by atoms with Gasteiger partial charge >= 0.3 is 0 Å². The average molecular weight is 324 g/mol. The highest BCUT2D eigenvalue weighted by Crippen LogP contribution is 2.45. The third-order valence-electron chi connectivity index (χ3n) is 6.42. The number of anilines is 1. The van der Waals surface area contributed by atoms with Crippen LogP contribution in [0.5, 0.6) is 0 Å². The summed E-state index contributed by atoms with van der Waals surface area (Å²) < 4.78 is 5.63. The highest BCUT2D eigenvalue weighted by Gasteiger charge is 2.31. The van der Waals surface area contributed by atoms with Crippen LogP contribution >= 0.6 is 0 Å². The Hall–Kier alpha value is -1.35. The van der Waals surface area contributed by atoms with Crippen molar-refractivity contribution in [3.63, 3.8) is 0 Å². The summed E-state index contributed by atoms with van der Waals surface area (Å²) in [6.07, 6.45) is 12.9. The van der Waals surface area contributed by atoms with E-state index in [9.17, 15) is 0 Å². The van der Waals surface area contributed by atoms with E-state index < -0.39 is 0 Å². The van der Waals surface area contributed by atoms with E-state index in [0.717, 1.165) is 26.3 Å². The van der Waals surface area contributed by atoms with Crippen molar-refractivity contribution < 1.29 is 4.74 Å². The average Bonchev–Trinajstić information content (AvgIpc) is 2.67. The van der Waals surface area contributed by atoms with Gasteiger partial charge in [0, 0.05) is 30.0 Å². The predicted octanol–water partition coefficient (Wildman–Crippen LogP) is 4.07. The molecule has 0 bridgehead atoms. The van der Waals surface area contributed by atoms with E-state index in [1.807, 2.05) is 0 Å². The summed E-state index contributed by atoms with van der Waals surface area (Å²) in [6.45, 7) is 3.85. The first-order valence-corrected chi connectivity index (χ1v) is 10.0. The number of ether oxygens (including phenoxy) is 1. The van der Waals surface area contributed by atoms with Gasteiger partial charge in [-0.1, -0.05) is 5.57 Å².